The molecule has 1 aliphatic rings. The molecule has 1 unspecified atom stereocenters. The second kappa shape index (κ2) is 6.48. The van der Waals surface area contributed by atoms with E-state index >= 15 is 0 Å². The molecule has 126 valence electrons. The standard InChI is InChI=1S/C16H20N6O2/c1-12-7-14(20-11-18-12)22-6-4-16(24,9-22)8-21(2)15(23)13-3-5-17-10-19-13/h3,5,7,10-11,24H,4,6,8-9H2,1-2H3. The first-order valence-corrected chi connectivity index (χ1v) is 7.74. The number of hydrogen-bond acceptors (Lipinski definition) is 7. The van der Waals surface area contributed by atoms with Crippen LogP contribution in [0.15, 0.2) is 31.0 Å². The minimum Gasteiger partial charge on any atom is -0.386 e. The molecule has 0 bridgehead atoms. The molecular formula is C16H20N6O2. The number of carbonyl (C=O) groups is 1. The molecule has 1 fully saturated rings. The van der Waals surface area contributed by atoms with E-state index < -0.39 is 5.60 Å². The van der Waals surface area contributed by atoms with Gasteiger partial charge in [-0.15, -0.1) is 0 Å². The van der Waals surface area contributed by atoms with Gasteiger partial charge in [-0.05, 0) is 19.4 Å². The molecule has 1 aliphatic heterocycles. The Labute approximate surface area is 140 Å². The number of amides is 1. The molecule has 1 N–H and O–H groups in total. The first-order chi connectivity index (χ1) is 11.5. The molecule has 3 rings (SSSR count). The third kappa shape index (κ3) is 3.48. The van der Waals surface area contributed by atoms with E-state index in [1.807, 2.05) is 17.9 Å². The predicted octanol–water partition coefficient (Wildman–Crippen LogP) is 0.288. The number of anilines is 1. The summed E-state index contributed by atoms with van der Waals surface area (Å²) in [5.41, 5.74) is 0.222. The quantitative estimate of drug-likeness (QED) is 0.861. The normalized spacial score (nSPS) is 20.2. The van der Waals surface area contributed by atoms with Gasteiger partial charge in [0.25, 0.3) is 5.91 Å². The molecule has 0 radical (unpaired) electrons. The molecule has 8 heteroatoms. The highest BCUT2D eigenvalue weighted by Gasteiger charge is 2.38. The van der Waals surface area contributed by atoms with Gasteiger partial charge in [-0.25, -0.2) is 19.9 Å². The Morgan fingerprint density at radius 2 is 2.21 bits per heavy atom. The Kier molecular flexibility index (Phi) is 4.39. The Hall–Kier alpha value is -2.61. The van der Waals surface area contributed by atoms with Gasteiger partial charge in [-0.3, -0.25) is 4.79 Å². The average molecular weight is 328 g/mol. The van der Waals surface area contributed by atoms with Crippen molar-refractivity contribution in [3.8, 4) is 0 Å². The maximum Gasteiger partial charge on any atom is 0.272 e. The van der Waals surface area contributed by atoms with Crippen molar-refractivity contribution in [1.29, 1.82) is 0 Å². The number of β-amino-alcohol motifs (C(OH)–C–C–N with tert-alkyl or cyclic N) is 1. The number of hydrogen-bond donors (Lipinski definition) is 1. The minimum atomic E-state index is -0.976. The van der Waals surface area contributed by atoms with Crippen LogP contribution in [-0.4, -0.2) is 68.1 Å². The highest BCUT2D eigenvalue weighted by atomic mass is 16.3. The van der Waals surface area contributed by atoms with Gasteiger partial charge in [0, 0.05) is 38.1 Å². The maximum absolute atomic E-state index is 12.4. The van der Waals surface area contributed by atoms with Crippen LogP contribution in [0.25, 0.3) is 0 Å². The van der Waals surface area contributed by atoms with Crippen molar-refractivity contribution in [2.45, 2.75) is 18.9 Å². The van der Waals surface area contributed by atoms with Gasteiger partial charge in [0.1, 0.15) is 29.8 Å². The van der Waals surface area contributed by atoms with Crippen LogP contribution in [0.3, 0.4) is 0 Å². The molecule has 1 saturated heterocycles. The smallest absolute Gasteiger partial charge is 0.272 e. The summed E-state index contributed by atoms with van der Waals surface area (Å²) < 4.78 is 0. The van der Waals surface area contributed by atoms with Crippen LogP contribution >= 0.6 is 0 Å². The van der Waals surface area contributed by atoms with Crippen molar-refractivity contribution in [2.75, 3.05) is 31.6 Å². The molecule has 1 amide bonds. The number of carbonyl (C=O) groups excluding carboxylic acids is 1. The van der Waals surface area contributed by atoms with Gasteiger partial charge in [-0.2, -0.15) is 0 Å². The summed E-state index contributed by atoms with van der Waals surface area (Å²) in [5.74, 6) is 0.561. The van der Waals surface area contributed by atoms with Crippen LogP contribution in [0, 0.1) is 6.92 Å². The highest BCUT2D eigenvalue weighted by molar-refractivity contribution is 5.92. The molecular weight excluding hydrogens is 308 g/mol. The van der Waals surface area contributed by atoms with E-state index in [1.54, 1.807) is 13.1 Å². The summed E-state index contributed by atoms with van der Waals surface area (Å²) >= 11 is 0. The first kappa shape index (κ1) is 16.3. The van der Waals surface area contributed by atoms with Crippen molar-refractivity contribution in [3.63, 3.8) is 0 Å². The number of likely N-dealkylation sites (N-methyl/N-ethyl adjacent to an activating group) is 1. The lowest BCUT2D eigenvalue weighted by molar-refractivity contribution is 0.0262. The number of rotatable bonds is 4. The number of nitrogens with zero attached hydrogens (tertiary/aromatic N) is 6. The van der Waals surface area contributed by atoms with Crippen molar-refractivity contribution in [2.24, 2.45) is 0 Å². The number of aliphatic hydroxyl groups is 1. The van der Waals surface area contributed by atoms with E-state index in [0.29, 0.717) is 25.2 Å². The zero-order chi connectivity index (χ0) is 17.2. The predicted molar refractivity (Wildman–Crippen MR) is 87.5 cm³/mol. The largest absolute Gasteiger partial charge is 0.386 e. The summed E-state index contributed by atoms with van der Waals surface area (Å²) in [4.78, 5) is 32.0. The number of aromatic nitrogens is 4. The van der Waals surface area contributed by atoms with E-state index in [0.717, 1.165) is 11.5 Å². The van der Waals surface area contributed by atoms with Gasteiger partial charge in [0.05, 0.1) is 6.54 Å². The van der Waals surface area contributed by atoms with E-state index in [4.69, 9.17) is 0 Å². The molecule has 0 aliphatic carbocycles. The van der Waals surface area contributed by atoms with Crippen LogP contribution in [0.1, 0.15) is 22.6 Å². The van der Waals surface area contributed by atoms with E-state index in [2.05, 4.69) is 19.9 Å². The van der Waals surface area contributed by atoms with Gasteiger partial charge >= 0.3 is 0 Å². The lowest BCUT2D eigenvalue weighted by atomic mass is 10.0. The minimum absolute atomic E-state index is 0.233. The molecule has 0 spiro atoms. The second-order valence-electron chi connectivity index (χ2n) is 6.17. The number of aryl methyl sites for hydroxylation is 1. The van der Waals surface area contributed by atoms with Crippen LogP contribution in [0.4, 0.5) is 5.82 Å². The Morgan fingerprint density at radius 1 is 1.38 bits per heavy atom. The van der Waals surface area contributed by atoms with Crippen molar-refractivity contribution < 1.29 is 9.90 Å². The van der Waals surface area contributed by atoms with Crippen LogP contribution in [0.2, 0.25) is 0 Å². The Morgan fingerprint density at radius 3 is 2.92 bits per heavy atom. The zero-order valence-electron chi connectivity index (χ0n) is 13.8. The zero-order valence-corrected chi connectivity index (χ0v) is 13.8. The molecule has 8 nitrogen and oxygen atoms in total. The van der Waals surface area contributed by atoms with Gasteiger partial charge in [0.15, 0.2) is 0 Å². The molecule has 24 heavy (non-hydrogen) atoms. The molecule has 3 heterocycles. The highest BCUT2D eigenvalue weighted by Crippen LogP contribution is 2.26. The third-order valence-corrected chi connectivity index (χ3v) is 4.12. The molecule has 0 aromatic carbocycles. The summed E-state index contributed by atoms with van der Waals surface area (Å²) in [7, 11) is 1.67. The average Bonchev–Trinajstić information content (AvgIpc) is 2.97. The van der Waals surface area contributed by atoms with Crippen molar-refractivity contribution in [1.82, 2.24) is 24.8 Å². The van der Waals surface area contributed by atoms with Crippen LogP contribution < -0.4 is 4.90 Å². The van der Waals surface area contributed by atoms with E-state index in [9.17, 15) is 9.90 Å². The molecule has 0 saturated carbocycles. The van der Waals surface area contributed by atoms with Gasteiger partial charge < -0.3 is 14.9 Å². The summed E-state index contributed by atoms with van der Waals surface area (Å²) in [6.07, 6.45) is 4.95. The lowest BCUT2D eigenvalue weighted by Crippen LogP contribution is -2.46. The maximum atomic E-state index is 12.4. The monoisotopic (exact) mass is 328 g/mol. The Bertz CT molecular complexity index is 726. The molecule has 2 aromatic heterocycles. The fraction of sp³-hybridized carbons (Fsp3) is 0.438. The van der Waals surface area contributed by atoms with E-state index in [-0.39, 0.29) is 12.5 Å². The summed E-state index contributed by atoms with van der Waals surface area (Å²) in [5, 5.41) is 10.8. The van der Waals surface area contributed by atoms with Crippen molar-refractivity contribution in [3.05, 3.63) is 42.4 Å². The lowest BCUT2D eigenvalue weighted by Gasteiger charge is -2.29. The van der Waals surface area contributed by atoms with Crippen molar-refractivity contribution >= 4 is 11.7 Å². The summed E-state index contributed by atoms with van der Waals surface area (Å²) in [6, 6.07) is 3.45. The van der Waals surface area contributed by atoms with Gasteiger partial charge in [-0.1, -0.05) is 0 Å². The SMILES string of the molecule is Cc1cc(N2CCC(O)(CN(C)C(=O)c3ccncn3)C2)ncn1. The van der Waals surface area contributed by atoms with E-state index in [1.165, 1.54) is 23.8 Å². The molecule has 1 atom stereocenters. The Balaban J connectivity index is 1.66. The fourth-order valence-electron chi connectivity index (χ4n) is 2.92. The van der Waals surface area contributed by atoms with Crippen LogP contribution in [0.5, 0.6) is 0 Å². The topological polar surface area (TPSA) is 95.3 Å². The third-order valence-electron chi connectivity index (χ3n) is 4.12. The van der Waals surface area contributed by atoms with Crippen LogP contribution in [-0.2, 0) is 0 Å². The first-order valence-electron chi connectivity index (χ1n) is 7.74. The second-order valence-corrected chi connectivity index (χ2v) is 6.17. The summed E-state index contributed by atoms with van der Waals surface area (Å²) in [6.45, 7) is 3.24. The van der Waals surface area contributed by atoms with Gasteiger partial charge in [0.2, 0.25) is 0 Å². The molecule has 2 aromatic rings. The fourth-order valence-corrected chi connectivity index (χ4v) is 2.92.